The number of rotatable bonds is 3. The molecule has 1 aromatic heterocycles. The predicted molar refractivity (Wildman–Crippen MR) is 97.7 cm³/mol. The Morgan fingerprint density at radius 3 is 2.81 bits per heavy atom. The molecule has 128 valence electrons. The van der Waals surface area contributed by atoms with Gasteiger partial charge in [-0.05, 0) is 30.2 Å². The highest BCUT2D eigenvalue weighted by atomic mass is 16.6. The number of nitrogens with zero attached hydrogens (tertiary/aromatic N) is 4. The van der Waals surface area contributed by atoms with Crippen molar-refractivity contribution in [3.63, 3.8) is 0 Å². The number of para-hydroxylation sites is 2. The van der Waals surface area contributed by atoms with Crippen molar-refractivity contribution in [2.75, 3.05) is 11.4 Å². The Kier molecular flexibility index (Phi) is 3.89. The van der Waals surface area contributed by atoms with Crippen molar-refractivity contribution in [1.82, 2.24) is 9.97 Å². The average molecular weight is 346 g/mol. The molecule has 0 saturated carbocycles. The van der Waals surface area contributed by atoms with E-state index in [9.17, 15) is 14.9 Å². The van der Waals surface area contributed by atoms with Crippen LogP contribution in [0.15, 0.2) is 54.7 Å². The van der Waals surface area contributed by atoms with Crippen molar-refractivity contribution >= 4 is 34.4 Å². The van der Waals surface area contributed by atoms with Gasteiger partial charge in [0.25, 0.3) is 11.6 Å². The van der Waals surface area contributed by atoms with Crippen LogP contribution in [0.4, 0.5) is 11.4 Å². The zero-order valence-electron chi connectivity index (χ0n) is 13.7. The highest BCUT2D eigenvalue weighted by Crippen LogP contribution is 2.31. The van der Waals surface area contributed by atoms with Crippen LogP contribution in [-0.2, 0) is 11.2 Å². The van der Waals surface area contributed by atoms with Crippen LogP contribution in [0.1, 0.15) is 11.3 Å². The minimum atomic E-state index is -0.457. The first-order valence-corrected chi connectivity index (χ1v) is 8.10. The maximum absolute atomic E-state index is 12.5. The molecule has 2 heterocycles. The molecule has 2 aromatic carbocycles. The van der Waals surface area contributed by atoms with Crippen LogP contribution in [0.5, 0.6) is 0 Å². The zero-order valence-corrected chi connectivity index (χ0v) is 13.7. The first-order chi connectivity index (χ1) is 12.6. The fraction of sp³-hybridized carbons (Fsp3) is 0.105. The third-order valence-electron chi connectivity index (χ3n) is 4.31. The van der Waals surface area contributed by atoms with Crippen molar-refractivity contribution in [3.05, 3.63) is 76.1 Å². The molecule has 1 amide bonds. The number of aromatic nitrogens is 2. The molecular formula is C19H14N4O3. The molecule has 26 heavy (non-hydrogen) atoms. The average Bonchev–Trinajstić information content (AvgIpc) is 3.09. The Morgan fingerprint density at radius 1 is 1.19 bits per heavy atom. The van der Waals surface area contributed by atoms with E-state index in [1.165, 1.54) is 18.2 Å². The van der Waals surface area contributed by atoms with Crippen molar-refractivity contribution in [3.8, 4) is 0 Å². The Morgan fingerprint density at radius 2 is 2.00 bits per heavy atom. The number of benzene rings is 2. The van der Waals surface area contributed by atoms with Gasteiger partial charge < -0.3 is 4.90 Å². The number of nitro benzene ring substituents is 1. The summed E-state index contributed by atoms with van der Waals surface area (Å²) in [4.78, 5) is 33.4. The van der Waals surface area contributed by atoms with Crippen LogP contribution in [0.25, 0.3) is 17.1 Å². The summed E-state index contributed by atoms with van der Waals surface area (Å²) in [5.74, 6) is -0.237. The lowest BCUT2D eigenvalue weighted by atomic mass is 10.1. The number of hydrogen-bond acceptors (Lipinski definition) is 5. The highest BCUT2D eigenvalue weighted by molar-refractivity contribution is 6.05. The van der Waals surface area contributed by atoms with Crippen LogP contribution in [0.2, 0.25) is 0 Å². The largest absolute Gasteiger partial charge is 0.308 e. The molecule has 0 bridgehead atoms. The van der Waals surface area contributed by atoms with Crippen molar-refractivity contribution in [2.24, 2.45) is 0 Å². The van der Waals surface area contributed by atoms with E-state index in [0.29, 0.717) is 24.3 Å². The number of carbonyl (C=O) groups is 1. The quantitative estimate of drug-likeness (QED) is 0.413. The Labute approximate surface area is 148 Å². The summed E-state index contributed by atoms with van der Waals surface area (Å²) in [5.41, 5.74) is 3.63. The van der Waals surface area contributed by atoms with Crippen molar-refractivity contribution in [2.45, 2.75) is 6.42 Å². The van der Waals surface area contributed by atoms with E-state index in [4.69, 9.17) is 0 Å². The van der Waals surface area contributed by atoms with E-state index in [1.807, 2.05) is 24.3 Å². The Bertz CT molecular complexity index is 1060. The fourth-order valence-corrected chi connectivity index (χ4v) is 3.01. The second kappa shape index (κ2) is 6.36. The standard InChI is InChI=1S/C19H14N4O3/c24-19(8-6-14-12-20-16-3-1-2-4-17(16)21-14)22-10-9-13-5-7-15(23(25)26)11-18(13)22/h1-8,11-12H,9-10H2/b8-6+. The third-order valence-corrected chi connectivity index (χ3v) is 4.31. The lowest BCUT2D eigenvalue weighted by molar-refractivity contribution is -0.384. The Hall–Kier alpha value is -3.61. The SMILES string of the molecule is O=C(/C=C/c1cnc2ccccc2n1)N1CCc2ccc([N+](=O)[O-])cc21. The number of fused-ring (bicyclic) bond motifs is 2. The highest BCUT2D eigenvalue weighted by Gasteiger charge is 2.25. The number of amides is 1. The van der Waals surface area contributed by atoms with Gasteiger partial charge in [-0.1, -0.05) is 18.2 Å². The lowest BCUT2D eigenvalue weighted by Crippen LogP contribution is -2.26. The molecule has 0 fully saturated rings. The molecule has 0 N–H and O–H groups in total. The molecule has 1 aliphatic rings. The zero-order chi connectivity index (χ0) is 18.1. The van der Waals surface area contributed by atoms with Crippen LogP contribution in [0, 0.1) is 10.1 Å². The molecule has 0 unspecified atom stereocenters. The summed E-state index contributed by atoms with van der Waals surface area (Å²) in [6, 6.07) is 12.1. The first-order valence-electron chi connectivity index (χ1n) is 8.10. The topological polar surface area (TPSA) is 89.2 Å². The van der Waals surface area contributed by atoms with Crippen LogP contribution >= 0.6 is 0 Å². The van der Waals surface area contributed by atoms with E-state index >= 15 is 0 Å². The van der Waals surface area contributed by atoms with E-state index in [-0.39, 0.29) is 11.6 Å². The number of carbonyl (C=O) groups excluding carboxylic acids is 1. The summed E-state index contributed by atoms with van der Waals surface area (Å²) in [5, 5.41) is 11.0. The van der Waals surface area contributed by atoms with E-state index in [1.54, 1.807) is 23.2 Å². The van der Waals surface area contributed by atoms with Gasteiger partial charge in [-0.3, -0.25) is 19.9 Å². The summed E-state index contributed by atoms with van der Waals surface area (Å²) in [7, 11) is 0. The summed E-state index contributed by atoms with van der Waals surface area (Å²) >= 11 is 0. The molecule has 1 aliphatic heterocycles. The monoisotopic (exact) mass is 346 g/mol. The van der Waals surface area contributed by atoms with Crippen LogP contribution in [-0.4, -0.2) is 27.3 Å². The van der Waals surface area contributed by atoms with Crippen molar-refractivity contribution < 1.29 is 9.72 Å². The van der Waals surface area contributed by atoms with Gasteiger partial charge in [-0.15, -0.1) is 0 Å². The van der Waals surface area contributed by atoms with Gasteiger partial charge in [0.05, 0.1) is 33.5 Å². The molecule has 0 radical (unpaired) electrons. The summed E-state index contributed by atoms with van der Waals surface area (Å²) < 4.78 is 0. The Balaban J connectivity index is 1.58. The summed E-state index contributed by atoms with van der Waals surface area (Å²) in [6.07, 6.45) is 5.32. The molecule has 3 aromatic rings. The predicted octanol–water partition coefficient (Wildman–Crippen LogP) is 3.14. The molecule has 0 saturated heterocycles. The normalized spacial score (nSPS) is 13.3. The second-order valence-electron chi connectivity index (χ2n) is 5.93. The molecule has 0 atom stereocenters. The minimum absolute atomic E-state index is 0.0205. The molecule has 0 spiro atoms. The second-order valence-corrected chi connectivity index (χ2v) is 5.93. The molecule has 7 nitrogen and oxygen atoms in total. The number of non-ortho nitro benzene ring substituents is 1. The van der Waals surface area contributed by atoms with E-state index in [0.717, 1.165) is 16.6 Å². The number of anilines is 1. The van der Waals surface area contributed by atoms with E-state index in [2.05, 4.69) is 9.97 Å². The van der Waals surface area contributed by atoms with Gasteiger partial charge in [-0.25, -0.2) is 4.98 Å². The van der Waals surface area contributed by atoms with Gasteiger partial charge in [0, 0.05) is 24.8 Å². The third kappa shape index (κ3) is 2.90. The molecular weight excluding hydrogens is 332 g/mol. The smallest absolute Gasteiger partial charge is 0.271 e. The number of hydrogen-bond donors (Lipinski definition) is 0. The summed E-state index contributed by atoms with van der Waals surface area (Å²) in [6.45, 7) is 0.503. The van der Waals surface area contributed by atoms with Crippen LogP contribution < -0.4 is 4.90 Å². The van der Waals surface area contributed by atoms with Gasteiger partial charge in [0.15, 0.2) is 0 Å². The maximum atomic E-state index is 12.5. The van der Waals surface area contributed by atoms with Gasteiger partial charge in [0.2, 0.25) is 0 Å². The maximum Gasteiger partial charge on any atom is 0.271 e. The fourth-order valence-electron chi connectivity index (χ4n) is 3.01. The molecule has 4 rings (SSSR count). The van der Waals surface area contributed by atoms with Crippen molar-refractivity contribution in [1.29, 1.82) is 0 Å². The van der Waals surface area contributed by atoms with E-state index < -0.39 is 4.92 Å². The van der Waals surface area contributed by atoms with Gasteiger partial charge >= 0.3 is 0 Å². The molecule has 0 aliphatic carbocycles. The first kappa shape index (κ1) is 15.9. The van der Waals surface area contributed by atoms with Crippen LogP contribution in [0.3, 0.4) is 0 Å². The van der Waals surface area contributed by atoms with Gasteiger partial charge in [-0.2, -0.15) is 0 Å². The minimum Gasteiger partial charge on any atom is -0.308 e. The van der Waals surface area contributed by atoms with Gasteiger partial charge in [0.1, 0.15) is 0 Å². The molecule has 7 heteroatoms. The number of nitro groups is 1. The lowest BCUT2D eigenvalue weighted by Gasteiger charge is -2.14.